The molecule has 0 unspecified atom stereocenters. The van der Waals surface area contributed by atoms with Crippen LogP contribution in [0.25, 0.3) is 10.2 Å². The second-order valence-corrected chi connectivity index (χ2v) is 7.53. The molecule has 0 aliphatic carbocycles. The molecule has 0 N–H and O–H groups in total. The number of fused-ring (bicyclic) bond motifs is 1. The molecule has 2 heterocycles. The molecule has 0 bridgehead atoms. The van der Waals surface area contributed by atoms with Gasteiger partial charge in [0.2, 0.25) is 4.34 Å². The molecule has 100 valence electrons. The highest BCUT2D eigenvalue weighted by Gasteiger charge is 2.30. The Kier molecular flexibility index (Phi) is 3.12. The van der Waals surface area contributed by atoms with E-state index in [-0.39, 0.29) is 23.2 Å². The molecular formula is C12H12N2O3S2. The monoisotopic (exact) mass is 296 g/mol. The number of piperidine rings is 1. The van der Waals surface area contributed by atoms with Gasteiger partial charge in [-0.15, -0.1) is 11.3 Å². The number of carbonyl (C=O) groups is 1. The third-order valence-corrected chi connectivity index (χ3v) is 6.41. The summed E-state index contributed by atoms with van der Waals surface area (Å²) in [6.07, 6.45) is 0.592. The summed E-state index contributed by atoms with van der Waals surface area (Å²) < 4.78 is 27.2. The summed E-state index contributed by atoms with van der Waals surface area (Å²) in [7, 11) is -3.56. The number of thiazole rings is 1. The van der Waals surface area contributed by atoms with Crippen LogP contribution in [0.5, 0.6) is 0 Å². The summed E-state index contributed by atoms with van der Waals surface area (Å²) in [4.78, 5) is 15.4. The minimum atomic E-state index is -3.56. The summed E-state index contributed by atoms with van der Waals surface area (Å²) >= 11 is 1.17. The van der Waals surface area contributed by atoms with Crippen molar-refractivity contribution in [1.82, 2.24) is 9.29 Å². The lowest BCUT2D eigenvalue weighted by Gasteiger charge is -2.23. The predicted octanol–water partition coefficient (Wildman–Crippen LogP) is 1.65. The minimum absolute atomic E-state index is 0.114. The van der Waals surface area contributed by atoms with Gasteiger partial charge in [-0.2, -0.15) is 4.31 Å². The first kappa shape index (κ1) is 12.7. The number of rotatable bonds is 2. The highest BCUT2D eigenvalue weighted by Crippen LogP contribution is 2.28. The van der Waals surface area contributed by atoms with Crippen molar-refractivity contribution in [2.45, 2.75) is 17.2 Å². The summed E-state index contributed by atoms with van der Waals surface area (Å²) in [6, 6.07) is 7.34. The average Bonchev–Trinajstić information content (AvgIpc) is 2.83. The summed E-state index contributed by atoms with van der Waals surface area (Å²) in [5.74, 6) is 0.121. The average molecular weight is 296 g/mol. The zero-order valence-electron chi connectivity index (χ0n) is 10.1. The van der Waals surface area contributed by atoms with E-state index in [4.69, 9.17) is 0 Å². The largest absolute Gasteiger partial charge is 0.300 e. The van der Waals surface area contributed by atoms with Gasteiger partial charge in [0.05, 0.1) is 10.2 Å². The normalized spacial score (nSPS) is 18.0. The quantitative estimate of drug-likeness (QED) is 0.845. The van der Waals surface area contributed by atoms with Crippen LogP contribution in [-0.2, 0) is 14.8 Å². The molecule has 0 saturated carbocycles. The van der Waals surface area contributed by atoms with Crippen molar-refractivity contribution in [1.29, 1.82) is 0 Å². The van der Waals surface area contributed by atoms with E-state index in [2.05, 4.69) is 4.98 Å². The number of para-hydroxylation sites is 1. The Balaban J connectivity index is 1.97. The van der Waals surface area contributed by atoms with E-state index in [9.17, 15) is 13.2 Å². The number of nitrogens with zero attached hydrogens (tertiary/aromatic N) is 2. The highest BCUT2D eigenvalue weighted by atomic mass is 32.2. The number of Topliss-reactive ketones (excluding diaryl/α,β-unsaturated/α-hetero) is 1. The maximum atomic E-state index is 12.4. The zero-order chi connectivity index (χ0) is 13.5. The molecule has 5 nitrogen and oxygen atoms in total. The predicted molar refractivity (Wildman–Crippen MR) is 72.6 cm³/mol. The standard InChI is InChI=1S/C12H12N2O3S2/c15-9-5-7-14(8-6-9)19(16,17)12-13-10-3-1-2-4-11(10)18-12/h1-4H,5-8H2. The van der Waals surface area contributed by atoms with E-state index in [1.165, 1.54) is 15.6 Å². The van der Waals surface area contributed by atoms with Gasteiger partial charge in [0.15, 0.2) is 0 Å². The molecule has 0 amide bonds. The van der Waals surface area contributed by atoms with Gasteiger partial charge < -0.3 is 0 Å². The number of hydrogen-bond donors (Lipinski definition) is 0. The van der Waals surface area contributed by atoms with Gasteiger partial charge in [-0.3, -0.25) is 4.79 Å². The number of carbonyl (C=O) groups excluding carboxylic acids is 1. The molecule has 1 aliphatic heterocycles. The number of aromatic nitrogens is 1. The van der Waals surface area contributed by atoms with E-state index >= 15 is 0 Å². The third kappa shape index (κ3) is 2.29. The van der Waals surface area contributed by atoms with E-state index in [0.717, 1.165) is 4.70 Å². The molecule has 0 spiro atoms. The van der Waals surface area contributed by atoms with Crippen molar-refractivity contribution in [3.63, 3.8) is 0 Å². The van der Waals surface area contributed by atoms with Crippen LogP contribution in [0.2, 0.25) is 0 Å². The third-order valence-electron chi connectivity index (χ3n) is 3.11. The number of ketones is 1. The first-order chi connectivity index (χ1) is 9.07. The SMILES string of the molecule is O=C1CCN(S(=O)(=O)c2nc3ccccc3s2)CC1. The van der Waals surface area contributed by atoms with Gasteiger partial charge in [0.25, 0.3) is 10.0 Å². The topological polar surface area (TPSA) is 67.3 Å². The van der Waals surface area contributed by atoms with Gasteiger partial charge in [-0.1, -0.05) is 12.1 Å². The van der Waals surface area contributed by atoms with Crippen molar-refractivity contribution in [3.05, 3.63) is 24.3 Å². The van der Waals surface area contributed by atoms with Crippen LogP contribution in [0.4, 0.5) is 0 Å². The Labute approximate surface area is 114 Å². The van der Waals surface area contributed by atoms with Crippen molar-refractivity contribution in [2.24, 2.45) is 0 Å². The maximum absolute atomic E-state index is 12.4. The molecule has 3 rings (SSSR count). The first-order valence-corrected chi connectivity index (χ1v) is 8.20. The summed E-state index contributed by atoms with van der Waals surface area (Å²) in [5.41, 5.74) is 0.694. The molecule has 19 heavy (non-hydrogen) atoms. The van der Waals surface area contributed by atoms with Crippen molar-refractivity contribution >= 4 is 37.4 Å². The molecule has 0 atom stereocenters. The van der Waals surface area contributed by atoms with Crippen LogP contribution < -0.4 is 0 Å². The Morgan fingerprint density at radius 2 is 1.84 bits per heavy atom. The second-order valence-electron chi connectivity index (χ2n) is 4.39. The van der Waals surface area contributed by atoms with Crippen LogP contribution in [0.15, 0.2) is 28.6 Å². The molecule has 0 radical (unpaired) electrons. The first-order valence-electron chi connectivity index (χ1n) is 5.95. The molecular weight excluding hydrogens is 284 g/mol. The molecule has 1 fully saturated rings. The molecule has 2 aromatic rings. The summed E-state index contributed by atoms with van der Waals surface area (Å²) in [6.45, 7) is 0.522. The lowest BCUT2D eigenvalue weighted by molar-refractivity contribution is -0.120. The fraction of sp³-hybridized carbons (Fsp3) is 0.333. The Bertz CT molecular complexity index is 693. The molecule has 1 aromatic carbocycles. The van der Waals surface area contributed by atoms with Gasteiger partial charge in [0, 0.05) is 25.9 Å². The molecule has 1 aromatic heterocycles. The molecule has 1 aliphatic rings. The lowest BCUT2D eigenvalue weighted by atomic mass is 10.1. The van der Waals surface area contributed by atoms with E-state index in [1.54, 1.807) is 6.07 Å². The Hall–Kier alpha value is -1.31. The van der Waals surface area contributed by atoms with Gasteiger partial charge in [0.1, 0.15) is 5.78 Å². The van der Waals surface area contributed by atoms with E-state index in [0.29, 0.717) is 18.4 Å². The highest BCUT2D eigenvalue weighted by molar-refractivity contribution is 7.91. The van der Waals surface area contributed by atoms with Crippen LogP contribution in [-0.4, -0.2) is 36.6 Å². The second kappa shape index (κ2) is 4.66. The van der Waals surface area contributed by atoms with Crippen molar-refractivity contribution < 1.29 is 13.2 Å². The van der Waals surface area contributed by atoms with Gasteiger partial charge >= 0.3 is 0 Å². The fourth-order valence-corrected chi connectivity index (χ4v) is 4.85. The fourth-order valence-electron chi connectivity index (χ4n) is 2.05. The molecule has 7 heteroatoms. The van der Waals surface area contributed by atoms with Gasteiger partial charge in [-0.05, 0) is 12.1 Å². The number of benzene rings is 1. The minimum Gasteiger partial charge on any atom is -0.300 e. The van der Waals surface area contributed by atoms with Crippen LogP contribution in [0.1, 0.15) is 12.8 Å². The van der Waals surface area contributed by atoms with Crippen molar-refractivity contribution in [2.75, 3.05) is 13.1 Å². The number of sulfonamides is 1. The zero-order valence-corrected chi connectivity index (χ0v) is 11.7. The van der Waals surface area contributed by atoms with Crippen LogP contribution in [0, 0.1) is 0 Å². The Morgan fingerprint density at radius 1 is 1.16 bits per heavy atom. The van der Waals surface area contributed by atoms with Crippen LogP contribution in [0.3, 0.4) is 0 Å². The summed E-state index contributed by atoms with van der Waals surface area (Å²) in [5, 5.41) is 0. The van der Waals surface area contributed by atoms with Crippen molar-refractivity contribution in [3.8, 4) is 0 Å². The van der Waals surface area contributed by atoms with Gasteiger partial charge in [-0.25, -0.2) is 13.4 Å². The molecule has 1 saturated heterocycles. The smallest absolute Gasteiger partial charge is 0.270 e. The Morgan fingerprint density at radius 3 is 2.53 bits per heavy atom. The van der Waals surface area contributed by atoms with E-state index in [1.807, 2.05) is 18.2 Å². The lowest BCUT2D eigenvalue weighted by Crippen LogP contribution is -2.38. The maximum Gasteiger partial charge on any atom is 0.270 e. The van der Waals surface area contributed by atoms with Crippen LogP contribution >= 0.6 is 11.3 Å². The van der Waals surface area contributed by atoms with E-state index < -0.39 is 10.0 Å². The number of hydrogen-bond acceptors (Lipinski definition) is 5.